The van der Waals surface area contributed by atoms with Crippen LogP contribution in [0.5, 0.6) is 0 Å². The number of allylic oxidation sites excluding steroid dienone is 1. The predicted molar refractivity (Wildman–Crippen MR) is 113 cm³/mol. The molecule has 0 amide bonds. The highest BCUT2D eigenvalue weighted by molar-refractivity contribution is 14.0. The summed E-state index contributed by atoms with van der Waals surface area (Å²) >= 11 is 0. The van der Waals surface area contributed by atoms with Crippen molar-refractivity contribution in [1.29, 1.82) is 0 Å². The van der Waals surface area contributed by atoms with Crippen molar-refractivity contribution in [2.45, 2.75) is 32.6 Å². The van der Waals surface area contributed by atoms with Gasteiger partial charge in [0.05, 0.1) is 6.26 Å². The van der Waals surface area contributed by atoms with E-state index in [-0.39, 0.29) is 24.0 Å². The van der Waals surface area contributed by atoms with Crippen LogP contribution in [0.25, 0.3) is 0 Å². The van der Waals surface area contributed by atoms with Crippen molar-refractivity contribution in [2.24, 2.45) is 10.9 Å². The third-order valence-corrected chi connectivity index (χ3v) is 5.44. The molecule has 1 aliphatic rings. The van der Waals surface area contributed by atoms with Crippen LogP contribution in [0.3, 0.4) is 0 Å². The molecule has 0 spiro atoms. The van der Waals surface area contributed by atoms with E-state index in [9.17, 15) is 8.42 Å². The van der Waals surface area contributed by atoms with E-state index in [1.54, 1.807) is 4.31 Å². The Morgan fingerprint density at radius 3 is 2.54 bits per heavy atom. The molecule has 1 rings (SSSR count). The van der Waals surface area contributed by atoms with Crippen molar-refractivity contribution in [3.05, 3.63) is 12.7 Å². The van der Waals surface area contributed by atoms with Gasteiger partial charge in [0.2, 0.25) is 10.0 Å². The van der Waals surface area contributed by atoms with Crippen molar-refractivity contribution >= 4 is 40.0 Å². The van der Waals surface area contributed by atoms with Crippen molar-refractivity contribution in [3.8, 4) is 0 Å². The molecule has 1 heterocycles. The average molecular weight is 472 g/mol. The van der Waals surface area contributed by atoms with Gasteiger partial charge < -0.3 is 10.2 Å². The third kappa shape index (κ3) is 8.66. The molecule has 0 bridgehead atoms. The van der Waals surface area contributed by atoms with Crippen molar-refractivity contribution in [1.82, 2.24) is 14.5 Å². The van der Waals surface area contributed by atoms with Gasteiger partial charge in [0.25, 0.3) is 0 Å². The maximum absolute atomic E-state index is 11.5. The Balaban J connectivity index is 0.00000529. The van der Waals surface area contributed by atoms with Crippen molar-refractivity contribution < 1.29 is 8.42 Å². The molecule has 6 nitrogen and oxygen atoms in total. The van der Waals surface area contributed by atoms with Gasteiger partial charge in [0, 0.05) is 39.8 Å². The third-order valence-electron chi connectivity index (χ3n) is 4.14. The normalized spacial score (nSPS) is 17.2. The van der Waals surface area contributed by atoms with Gasteiger partial charge in [-0.25, -0.2) is 12.7 Å². The van der Waals surface area contributed by atoms with Crippen LogP contribution >= 0.6 is 24.0 Å². The molecule has 0 unspecified atom stereocenters. The van der Waals surface area contributed by atoms with Crippen LogP contribution in [0.2, 0.25) is 0 Å². The number of unbranched alkanes of at least 4 members (excludes halogenated alkanes) is 1. The molecule has 0 aromatic rings. The molecule has 1 aliphatic heterocycles. The zero-order valence-corrected chi connectivity index (χ0v) is 18.3. The molecule has 0 aromatic heterocycles. The molecular weight excluding hydrogens is 439 g/mol. The number of piperidine rings is 1. The van der Waals surface area contributed by atoms with E-state index < -0.39 is 10.0 Å². The summed E-state index contributed by atoms with van der Waals surface area (Å²) in [5, 5.41) is 3.33. The molecule has 1 N–H and O–H groups in total. The van der Waals surface area contributed by atoms with Gasteiger partial charge in [-0.1, -0.05) is 6.08 Å². The van der Waals surface area contributed by atoms with E-state index in [1.807, 2.05) is 6.08 Å². The van der Waals surface area contributed by atoms with Crippen molar-refractivity contribution in [2.75, 3.05) is 46.0 Å². The van der Waals surface area contributed by atoms with Gasteiger partial charge in [0.1, 0.15) is 0 Å². The lowest BCUT2D eigenvalue weighted by Gasteiger charge is -2.30. The lowest BCUT2D eigenvalue weighted by atomic mass is 9.98. The first-order chi connectivity index (χ1) is 10.9. The van der Waals surface area contributed by atoms with E-state index >= 15 is 0 Å². The minimum Gasteiger partial charge on any atom is -0.357 e. The summed E-state index contributed by atoms with van der Waals surface area (Å²) in [6, 6.07) is 0. The summed E-state index contributed by atoms with van der Waals surface area (Å²) in [5.41, 5.74) is 0. The Kier molecular flexibility index (Phi) is 11.9. The van der Waals surface area contributed by atoms with E-state index in [0.717, 1.165) is 51.3 Å². The van der Waals surface area contributed by atoms with Gasteiger partial charge in [-0.15, -0.1) is 30.6 Å². The minimum atomic E-state index is -3.05. The van der Waals surface area contributed by atoms with E-state index in [2.05, 4.69) is 30.8 Å². The highest BCUT2D eigenvalue weighted by Gasteiger charge is 2.24. The number of sulfonamides is 1. The number of halogens is 1. The highest BCUT2D eigenvalue weighted by atomic mass is 127. The number of aliphatic imine (C=N–C) groups is 1. The molecule has 0 atom stereocenters. The number of nitrogens with one attached hydrogen (secondary N) is 1. The van der Waals surface area contributed by atoms with E-state index in [4.69, 9.17) is 4.99 Å². The fourth-order valence-electron chi connectivity index (χ4n) is 2.69. The SMILES string of the molecule is C=CCCCN(C)C(=NCC1CCN(S(C)(=O)=O)CC1)NCC.I. The monoisotopic (exact) mass is 472 g/mol. The lowest BCUT2D eigenvalue weighted by Crippen LogP contribution is -2.41. The Morgan fingerprint density at radius 1 is 1.42 bits per heavy atom. The molecule has 1 fully saturated rings. The first-order valence-electron chi connectivity index (χ1n) is 8.44. The predicted octanol–water partition coefficient (Wildman–Crippen LogP) is 2.14. The largest absolute Gasteiger partial charge is 0.357 e. The maximum atomic E-state index is 11.5. The number of guanidine groups is 1. The van der Waals surface area contributed by atoms with E-state index in [1.165, 1.54) is 6.26 Å². The van der Waals surface area contributed by atoms with E-state index in [0.29, 0.717) is 19.0 Å². The molecule has 0 aliphatic carbocycles. The maximum Gasteiger partial charge on any atom is 0.211 e. The second-order valence-corrected chi connectivity index (χ2v) is 8.13. The summed E-state index contributed by atoms with van der Waals surface area (Å²) in [4.78, 5) is 6.89. The Morgan fingerprint density at radius 2 is 2.04 bits per heavy atom. The summed E-state index contributed by atoms with van der Waals surface area (Å²) in [5.74, 6) is 1.39. The van der Waals surface area contributed by atoms with Gasteiger partial charge in [-0.2, -0.15) is 0 Å². The van der Waals surface area contributed by atoms with Crippen LogP contribution in [0, 0.1) is 5.92 Å². The fraction of sp³-hybridized carbons (Fsp3) is 0.812. The zero-order valence-electron chi connectivity index (χ0n) is 15.2. The fourth-order valence-corrected chi connectivity index (χ4v) is 3.56. The van der Waals surface area contributed by atoms with Gasteiger partial charge >= 0.3 is 0 Å². The Labute approximate surface area is 164 Å². The molecule has 1 saturated heterocycles. The Hall–Kier alpha value is -0.350. The summed E-state index contributed by atoms with van der Waals surface area (Å²) in [6.07, 6.45) is 7.07. The van der Waals surface area contributed by atoms with Crippen LogP contribution in [0.4, 0.5) is 0 Å². The summed E-state index contributed by atoms with van der Waals surface area (Å²) < 4.78 is 24.6. The van der Waals surface area contributed by atoms with Crippen LogP contribution in [0.15, 0.2) is 17.6 Å². The standard InChI is InChI=1S/C16H32N4O2S.HI/c1-5-7-8-11-19(3)16(17-6-2)18-14-15-9-12-20(13-10-15)23(4,21)22;/h5,15H,1,6-14H2,2-4H3,(H,17,18);1H. The molecular formula is C16H33IN4O2S. The highest BCUT2D eigenvalue weighted by Crippen LogP contribution is 2.19. The van der Waals surface area contributed by atoms with Crippen LogP contribution < -0.4 is 5.32 Å². The van der Waals surface area contributed by atoms with Crippen LogP contribution in [-0.2, 0) is 10.0 Å². The first-order valence-corrected chi connectivity index (χ1v) is 10.3. The molecule has 142 valence electrons. The van der Waals surface area contributed by atoms with Gasteiger partial charge in [0.15, 0.2) is 5.96 Å². The quantitative estimate of drug-likeness (QED) is 0.193. The molecule has 0 saturated carbocycles. The average Bonchev–Trinajstić information content (AvgIpc) is 2.51. The van der Waals surface area contributed by atoms with Crippen LogP contribution in [0.1, 0.15) is 32.6 Å². The minimum absolute atomic E-state index is 0. The summed E-state index contributed by atoms with van der Waals surface area (Å²) in [6.45, 7) is 9.60. The van der Waals surface area contributed by atoms with Gasteiger partial charge in [-0.05, 0) is 38.5 Å². The topological polar surface area (TPSA) is 65.0 Å². The molecule has 0 aromatic carbocycles. The van der Waals surface area contributed by atoms with Crippen molar-refractivity contribution in [3.63, 3.8) is 0 Å². The second-order valence-electron chi connectivity index (χ2n) is 6.15. The number of nitrogens with zero attached hydrogens (tertiary/aromatic N) is 3. The zero-order chi connectivity index (χ0) is 17.3. The molecule has 24 heavy (non-hydrogen) atoms. The van der Waals surface area contributed by atoms with Gasteiger partial charge in [-0.3, -0.25) is 4.99 Å². The Bertz CT molecular complexity index is 488. The molecule has 0 radical (unpaired) electrons. The number of hydrogen-bond donors (Lipinski definition) is 1. The number of hydrogen-bond acceptors (Lipinski definition) is 3. The number of rotatable bonds is 8. The first kappa shape index (κ1) is 23.6. The second kappa shape index (κ2) is 12.1. The van der Waals surface area contributed by atoms with Crippen LogP contribution in [-0.4, -0.2) is 69.6 Å². The molecule has 8 heteroatoms. The lowest BCUT2D eigenvalue weighted by molar-refractivity contribution is 0.279. The smallest absolute Gasteiger partial charge is 0.211 e. The summed E-state index contributed by atoms with van der Waals surface area (Å²) in [7, 11) is -0.994.